The van der Waals surface area contributed by atoms with Gasteiger partial charge in [-0.3, -0.25) is 0 Å². The number of hydrogen-bond acceptors (Lipinski definition) is 2. The number of guanidine groups is 1. The third-order valence-electron chi connectivity index (χ3n) is 2.33. The monoisotopic (exact) mass is 361 g/mol. The number of nitrogens with two attached hydrogens (primary N) is 1. The smallest absolute Gasteiger partial charge is 0.191 e. The van der Waals surface area contributed by atoms with Crippen LogP contribution in [0, 0.1) is 0 Å². The summed E-state index contributed by atoms with van der Waals surface area (Å²) < 4.78 is 5.17. The van der Waals surface area contributed by atoms with E-state index in [0.29, 0.717) is 19.0 Å². The van der Waals surface area contributed by atoms with Gasteiger partial charge in [0, 0.05) is 13.6 Å². The van der Waals surface area contributed by atoms with Gasteiger partial charge in [0.05, 0.1) is 13.7 Å². The van der Waals surface area contributed by atoms with Gasteiger partial charge in [-0.05, 0) is 17.7 Å². The fourth-order valence-corrected chi connectivity index (χ4v) is 1.40. The van der Waals surface area contributed by atoms with Crippen molar-refractivity contribution in [2.75, 3.05) is 20.7 Å². The highest BCUT2D eigenvalue weighted by Crippen LogP contribution is 2.13. The lowest BCUT2D eigenvalue weighted by molar-refractivity contribution is 0.412. The molecule has 0 unspecified atom stereocenters. The Morgan fingerprint density at radius 2 is 2.28 bits per heavy atom. The molecule has 100 valence electrons. The summed E-state index contributed by atoms with van der Waals surface area (Å²) in [6.45, 7) is 4.84. The van der Waals surface area contributed by atoms with E-state index in [9.17, 15) is 0 Å². The third kappa shape index (κ3) is 5.39. The van der Waals surface area contributed by atoms with Crippen LogP contribution in [0.3, 0.4) is 0 Å². The first-order valence-corrected chi connectivity index (χ1v) is 5.42. The topological polar surface area (TPSA) is 50.8 Å². The van der Waals surface area contributed by atoms with Crippen LogP contribution in [0.4, 0.5) is 0 Å². The molecule has 1 rings (SSSR count). The minimum atomic E-state index is 0. The molecule has 1 aromatic rings. The molecule has 0 bridgehead atoms. The molecule has 0 aliphatic rings. The van der Waals surface area contributed by atoms with Crippen LogP contribution in [0.25, 0.3) is 0 Å². The van der Waals surface area contributed by atoms with Gasteiger partial charge in [0.1, 0.15) is 5.75 Å². The van der Waals surface area contributed by atoms with Crippen LogP contribution in [-0.2, 0) is 6.54 Å². The molecule has 4 nitrogen and oxygen atoms in total. The maximum absolute atomic E-state index is 5.82. The summed E-state index contributed by atoms with van der Waals surface area (Å²) in [5.41, 5.74) is 6.95. The molecule has 0 saturated heterocycles. The van der Waals surface area contributed by atoms with Crippen molar-refractivity contribution in [3.8, 4) is 5.75 Å². The summed E-state index contributed by atoms with van der Waals surface area (Å²) >= 11 is 0. The largest absolute Gasteiger partial charge is 0.497 e. The summed E-state index contributed by atoms with van der Waals surface area (Å²) in [6, 6.07) is 7.88. The van der Waals surface area contributed by atoms with Crippen molar-refractivity contribution in [3.05, 3.63) is 42.5 Å². The number of rotatable bonds is 5. The average Bonchev–Trinajstić information content (AvgIpc) is 2.36. The van der Waals surface area contributed by atoms with Gasteiger partial charge in [-0.2, -0.15) is 0 Å². The van der Waals surface area contributed by atoms with Gasteiger partial charge < -0.3 is 15.4 Å². The van der Waals surface area contributed by atoms with Crippen LogP contribution in [0.2, 0.25) is 0 Å². The van der Waals surface area contributed by atoms with Crippen molar-refractivity contribution in [2.24, 2.45) is 10.7 Å². The van der Waals surface area contributed by atoms with Gasteiger partial charge in [0.2, 0.25) is 0 Å². The molecule has 0 aromatic heterocycles. The van der Waals surface area contributed by atoms with Crippen LogP contribution in [0.15, 0.2) is 41.9 Å². The van der Waals surface area contributed by atoms with Crippen molar-refractivity contribution in [3.63, 3.8) is 0 Å². The number of ether oxygens (including phenoxy) is 1. The molecule has 0 radical (unpaired) electrons. The van der Waals surface area contributed by atoms with Crippen molar-refractivity contribution in [2.45, 2.75) is 6.54 Å². The second-order valence-electron chi connectivity index (χ2n) is 3.70. The van der Waals surface area contributed by atoms with Gasteiger partial charge in [0.25, 0.3) is 0 Å². The number of benzene rings is 1. The summed E-state index contributed by atoms with van der Waals surface area (Å²) in [5, 5.41) is 0. The predicted molar refractivity (Wildman–Crippen MR) is 86.6 cm³/mol. The molecule has 1 aromatic carbocycles. The number of aliphatic imine (C=N–C) groups is 1. The number of nitrogens with zero attached hydrogens (tertiary/aromatic N) is 2. The maximum Gasteiger partial charge on any atom is 0.191 e. The standard InChI is InChI=1S/C13H19N3O.HI/c1-4-8-15-13(14)16(2)10-11-6-5-7-12(9-11)17-3;/h4-7,9H,1,8,10H2,2-3H3,(H2,14,15);1H. The van der Waals surface area contributed by atoms with Crippen molar-refractivity contribution in [1.82, 2.24) is 4.90 Å². The lowest BCUT2D eigenvalue weighted by Gasteiger charge is -2.18. The number of halogens is 1. The quantitative estimate of drug-likeness (QED) is 0.379. The molecule has 0 spiro atoms. The highest BCUT2D eigenvalue weighted by atomic mass is 127. The maximum atomic E-state index is 5.82. The lowest BCUT2D eigenvalue weighted by atomic mass is 10.2. The Morgan fingerprint density at radius 1 is 1.56 bits per heavy atom. The van der Waals surface area contributed by atoms with E-state index in [1.54, 1.807) is 13.2 Å². The summed E-state index contributed by atoms with van der Waals surface area (Å²) in [7, 11) is 3.56. The first-order valence-electron chi connectivity index (χ1n) is 5.42. The van der Waals surface area contributed by atoms with Gasteiger partial charge in [0.15, 0.2) is 5.96 Å². The molecular weight excluding hydrogens is 341 g/mol. The second kappa shape index (κ2) is 8.79. The average molecular weight is 361 g/mol. The Labute approximate surface area is 126 Å². The lowest BCUT2D eigenvalue weighted by Crippen LogP contribution is -2.33. The Kier molecular flexibility index (Phi) is 8.19. The Hall–Kier alpha value is -1.24. The first-order chi connectivity index (χ1) is 8.17. The van der Waals surface area contributed by atoms with Crippen LogP contribution in [0.1, 0.15) is 5.56 Å². The fourth-order valence-electron chi connectivity index (χ4n) is 1.40. The first kappa shape index (κ1) is 16.8. The summed E-state index contributed by atoms with van der Waals surface area (Å²) in [4.78, 5) is 6.04. The van der Waals surface area contributed by atoms with Crippen LogP contribution in [-0.4, -0.2) is 31.6 Å². The molecule has 0 atom stereocenters. The van der Waals surface area contributed by atoms with E-state index in [-0.39, 0.29) is 24.0 Å². The van der Waals surface area contributed by atoms with E-state index in [1.165, 1.54) is 0 Å². The van der Waals surface area contributed by atoms with Gasteiger partial charge >= 0.3 is 0 Å². The summed E-state index contributed by atoms with van der Waals surface area (Å²) in [5.74, 6) is 1.35. The normalized spacial score (nSPS) is 10.4. The van der Waals surface area contributed by atoms with E-state index in [1.807, 2.05) is 36.2 Å². The highest BCUT2D eigenvalue weighted by molar-refractivity contribution is 14.0. The van der Waals surface area contributed by atoms with Gasteiger partial charge in [-0.25, -0.2) is 4.99 Å². The molecule has 0 aliphatic heterocycles. The van der Waals surface area contributed by atoms with E-state index < -0.39 is 0 Å². The van der Waals surface area contributed by atoms with E-state index in [0.717, 1.165) is 11.3 Å². The van der Waals surface area contributed by atoms with Crippen LogP contribution < -0.4 is 10.5 Å². The molecule has 18 heavy (non-hydrogen) atoms. The highest BCUT2D eigenvalue weighted by Gasteiger charge is 2.03. The van der Waals surface area contributed by atoms with E-state index in [2.05, 4.69) is 11.6 Å². The van der Waals surface area contributed by atoms with Crippen LogP contribution in [0.5, 0.6) is 5.75 Å². The molecule has 2 N–H and O–H groups in total. The number of methoxy groups -OCH3 is 1. The zero-order valence-electron chi connectivity index (χ0n) is 10.8. The molecule has 0 saturated carbocycles. The molecular formula is C13H20IN3O. The minimum Gasteiger partial charge on any atom is -0.497 e. The Morgan fingerprint density at radius 3 is 2.89 bits per heavy atom. The molecule has 0 amide bonds. The molecule has 0 heterocycles. The molecule has 0 aliphatic carbocycles. The second-order valence-corrected chi connectivity index (χ2v) is 3.70. The zero-order valence-corrected chi connectivity index (χ0v) is 13.1. The van der Waals surface area contributed by atoms with Crippen molar-refractivity contribution in [1.29, 1.82) is 0 Å². The molecule has 0 fully saturated rings. The molecule has 5 heteroatoms. The fraction of sp³-hybridized carbons (Fsp3) is 0.308. The zero-order chi connectivity index (χ0) is 12.7. The van der Waals surface area contributed by atoms with E-state index in [4.69, 9.17) is 10.5 Å². The van der Waals surface area contributed by atoms with Gasteiger partial charge in [-0.15, -0.1) is 30.6 Å². The van der Waals surface area contributed by atoms with Gasteiger partial charge in [-0.1, -0.05) is 18.2 Å². The minimum absolute atomic E-state index is 0. The number of hydrogen-bond donors (Lipinski definition) is 1. The SMILES string of the molecule is C=CCN=C(N)N(C)Cc1cccc(OC)c1.I. The van der Waals surface area contributed by atoms with Crippen molar-refractivity contribution >= 4 is 29.9 Å². The van der Waals surface area contributed by atoms with Crippen LogP contribution >= 0.6 is 24.0 Å². The summed E-state index contributed by atoms with van der Waals surface area (Å²) in [6.07, 6.45) is 1.71. The predicted octanol–water partition coefficient (Wildman–Crippen LogP) is 2.25. The Balaban J connectivity index is 0.00000289. The van der Waals surface area contributed by atoms with E-state index >= 15 is 0 Å². The Bertz CT molecular complexity index is 407. The third-order valence-corrected chi connectivity index (χ3v) is 2.33. The van der Waals surface area contributed by atoms with Crippen molar-refractivity contribution < 1.29 is 4.74 Å².